The highest BCUT2D eigenvalue weighted by Crippen LogP contribution is 2.42. The molecular formula is C23H17F5N4O2. The predicted molar refractivity (Wildman–Crippen MR) is 115 cm³/mol. The van der Waals surface area contributed by atoms with Crippen molar-refractivity contribution in [1.29, 1.82) is 0 Å². The van der Waals surface area contributed by atoms with Crippen LogP contribution in [0.25, 0.3) is 0 Å². The number of anilines is 4. The zero-order valence-electron chi connectivity index (χ0n) is 17.5. The normalized spacial score (nSPS) is 15.6. The lowest BCUT2D eigenvalue weighted by Crippen LogP contribution is -2.46. The third-order valence-corrected chi connectivity index (χ3v) is 5.93. The van der Waals surface area contributed by atoms with Crippen molar-refractivity contribution in [3.05, 3.63) is 81.1 Å². The van der Waals surface area contributed by atoms with E-state index in [2.05, 4.69) is 10.3 Å². The molecule has 0 radical (unpaired) electrons. The van der Waals surface area contributed by atoms with Crippen LogP contribution in [0.3, 0.4) is 0 Å². The number of carbonyl (C=O) groups is 1. The van der Waals surface area contributed by atoms with Gasteiger partial charge in [0.2, 0.25) is 5.56 Å². The van der Waals surface area contributed by atoms with E-state index in [1.807, 2.05) is 0 Å². The quantitative estimate of drug-likeness (QED) is 0.458. The van der Waals surface area contributed by atoms with Crippen molar-refractivity contribution in [3.63, 3.8) is 0 Å². The number of rotatable bonds is 0. The van der Waals surface area contributed by atoms with E-state index in [9.17, 15) is 31.5 Å². The summed E-state index contributed by atoms with van der Waals surface area (Å²) in [4.78, 5) is 30.6. The molecule has 11 heteroatoms. The van der Waals surface area contributed by atoms with E-state index in [0.29, 0.717) is 6.42 Å². The Balaban J connectivity index is 1.78. The highest BCUT2D eigenvalue weighted by Gasteiger charge is 2.38. The molecule has 176 valence electrons. The van der Waals surface area contributed by atoms with E-state index in [1.165, 1.54) is 28.0 Å². The zero-order chi connectivity index (χ0) is 24.2. The summed E-state index contributed by atoms with van der Waals surface area (Å²) in [6.45, 7) is 0.0611. The van der Waals surface area contributed by atoms with Crippen LogP contribution in [-0.4, -0.2) is 24.1 Å². The number of amides is 1. The fourth-order valence-electron chi connectivity index (χ4n) is 4.32. The molecule has 3 heterocycles. The van der Waals surface area contributed by atoms with Gasteiger partial charge in [0.25, 0.3) is 5.91 Å². The lowest BCUT2D eigenvalue weighted by Gasteiger charge is -2.39. The molecule has 3 aromatic rings. The molecule has 0 fully saturated rings. The minimum atomic E-state index is -4.69. The molecule has 34 heavy (non-hydrogen) atoms. The molecular weight excluding hydrogens is 459 g/mol. The Morgan fingerprint density at radius 1 is 0.882 bits per heavy atom. The number of hydrogen-bond acceptors (Lipinski definition) is 4. The molecule has 2 aliphatic heterocycles. The van der Waals surface area contributed by atoms with Crippen LogP contribution in [0.1, 0.15) is 27.9 Å². The first-order valence-electron chi connectivity index (χ1n) is 10.4. The van der Waals surface area contributed by atoms with E-state index >= 15 is 0 Å². The molecule has 0 saturated carbocycles. The van der Waals surface area contributed by atoms with Gasteiger partial charge in [-0.05, 0) is 49.2 Å². The monoisotopic (exact) mass is 476 g/mol. The van der Waals surface area contributed by atoms with Crippen LogP contribution in [0, 0.1) is 11.6 Å². The van der Waals surface area contributed by atoms with Gasteiger partial charge in [0.15, 0.2) is 11.6 Å². The number of pyridine rings is 1. The van der Waals surface area contributed by atoms with E-state index in [0.717, 1.165) is 24.3 Å². The molecule has 5 rings (SSSR count). The van der Waals surface area contributed by atoms with E-state index in [-0.39, 0.29) is 53.6 Å². The SMILES string of the molecule is O=C1c2cc(C(F)(F)F)ccc2N2CN1c1ccc(=O)[nH]c1NCCCc1c2ccc(F)c1F. The van der Waals surface area contributed by atoms with E-state index in [4.69, 9.17) is 0 Å². The van der Waals surface area contributed by atoms with Gasteiger partial charge < -0.3 is 15.2 Å². The van der Waals surface area contributed by atoms with Gasteiger partial charge in [0.1, 0.15) is 12.5 Å². The summed E-state index contributed by atoms with van der Waals surface area (Å²) in [6, 6.07) is 7.63. The minimum Gasteiger partial charge on any atom is -0.370 e. The maximum atomic E-state index is 14.8. The number of nitrogens with one attached hydrogen (secondary N) is 2. The zero-order valence-corrected chi connectivity index (χ0v) is 17.5. The van der Waals surface area contributed by atoms with Crippen molar-refractivity contribution in [1.82, 2.24) is 4.98 Å². The summed E-state index contributed by atoms with van der Waals surface area (Å²) >= 11 is 0. The number of aromatic amines is 1. The highest BCUT2D eigenvalue weighted by molar-refractivity contribution is 6.13. The molecule has 1 amide bonds. The maximum Gasteiger partial charge on any atom is 0.416 e. The largest absolute Gasteiger partial charge is 0.416 e. The predicted octanol–water partition coefficient (Wildman–Crippen LogP) is 4.79. The van der Waals surface area contributed by atoms with Crippen LogP contribution >= 0.6 is 0 Å². The molecule has 0 spiro atoms. The Kier molecular flexibility index (Phi) is 5.07. The summed E-state index contributed by atoms with van der Waals surface area (Å²) in [5, 5.41) is 2.99. The summed E-state index contributed by atoms with van der Waals surface area (Å²) in [7, 11) is 0. The van der Waals surface area contributed by atoms with Crippen LogP contribution in [0.4, 0.5) is 44.8 Å². The van der Waals surface area contributed by atoms with E-state index < -0.39 is 34.8 Å². The van der Waals surface area contributed by atoms with Crippen molar-refractivity contribution in [2.45, 2.75) is 19.0 Å². The first-order chi connectivity index (χ1) is 16.1. The Bertz CT molecular complexity index is 1370. The number of benzene rings is 2. The lowest BCUT2D eigenvalue weighted by atomic mass is 10.0. The first kappa shape index (κ1) is 21.9. The molecule has 1 aromatic heterocycles. The number of H-pyrrole nitrogens is 1. The van der Waals surface area contributed by atoms with Gasteiger partial charge in [-0.25, -0.2) is 8.78 Å². The van der Waals surface area contributed by atoms with Crippen molar-refractivity contribution >= 4 is 28.8 Å². The van der Waals surface area contributed by atoms with Gasteiger partial charge in [-0.2, -0.15) is 13.2 Å². The highest BCUT2D eigenvalue weighted by atomic mass is 19.4. The molecule has 2 aromatic carbocycles. The summed E-state index contributed by atoms with van der Waals surface area (Å²) < 4.78 is 69.2. The number of aromatic nitrogens is 1. The second-order valence-electron chi connectivity index (χ2n) is 8.00. The van der Waals surface area contributed by atoms with Gasteiger partial charge in [-0.1, -0.05) is 0 Å². The molecule has 0 atom stereocenters. The van der Waals surface area contributed by atoms with Crippen molar-refractivity contribution in [2.24, 2.45) is 0 Å². The van der Waals surface area contributed by atoms with Crippen LogP contribution in [-0.2, 0) is 12.6 Å². The van der Waals surface area contributed by atoms with Gasteiger partial charge in [0.05, 0.1) is 22.5 Å². The Hall–Kier alpha value is -3.89. The number of alkyl halides is 3. The second kappa shape index (κ2) is 7.86. The molecule has 2 bridgehead atoms. The molecule has 2 N–H and O–H groups in total. The van der Waals surface area contributed by atoms with Crippen molar-refractivity contribution in [3.8, 4) is 0 Å². The third kappa shape index (κ3) is 3.57. The first-order valence-corrected chi connectivity index (χ1v) is 10.4. The van der Waals surface area contributed by atoms with Gasteiger partial charge in [-0.3, -0.25) is 14.5 Å². The molecule has 0 aliphatic carbocycles. The van der Waals surface area contributed by atoms with Crippen molar-refractivity contribution < 1.29 is 26.7 Å². The summed E-state index contributed by atoms with van der Waals surface area (Å²) in [6.07, 6.45) is -4.23. The average Bonchev–Trinajstić information content (AvgIpc) is 2.82. The van der Waals surface area contributed by atoms with Gasteiger partial charge >= 0.3 is 6.18 Å². The molecule has 6 nitrogen and oxygen atoms in total. The smallest absolute Gasteiger partial charge is 0.370 e. The maximum absolute atomic E-state index is 14.8. The Labute approximate surface area is 189 Å². The Morgan fingerprint density at radius 2 is 1.62 bits per heavy atom. The minimum absolute atomic E-state index is 0.0430. The van der Waals surface area contributed by atoms with Crippen LogP contribution < -0.4 is 20.7 Å². The fraction of sp³-hybridized carbons (Fsp3) is 0.217. The summed E-state index contributed by atoms with van der Waals surface area (Å²) in [5.41, 5.74) is -1.06. The topological polar surface area (TPSA) is 68.4 Å². The van der Waals surface area contributed by atoms with Crippen LogP contribution in [0.15, 0.2) is 47.3 Å². The number of nitrogens with zero attached hydrogens (tertiary/aromatic N) is 2. The third-order valence-electron chi connectivity index (χ3n) is 5.93. The van der Waals surface area contributed by atoms with Gasteiger partial charge in [-0.15, -0.1) is 0 Å². The van der Waals surface area contributed by atoms with E-state index in [1.54, 1.807) is 0 Å². The molecule has 0 unspecified atom stereocenters. The van der Waals surface area contributed by atoms with Crippen LogP contribution in [0.2, 0.25) is 0 Å². The molecule has 2 aliphatic rings. The van der Waals surface area contributed by atoms with Crippen molar-refractivity contribution in [2.75, 3.05) is 28.3 Å². The average molecular weight is 476 g/mol. The standard InChI is InChI=1S/C23H17F5N4O2/c24-15-4-6-16-13(20(15)25)2-1-9-29-21-18(7-8-19(33)30-21)32-11-31(16)17-5-3-12(23(26,27)28)10-14(17)22(32)34/h3-8,10H,1-2,9,11H2,(H2,29,30,33). The number of halogens is 5. The Morgan fingerprint density at radius 3 is 2.38 bits per heavy atom. The molecule has 0 saturated heterocycles. The lowest BCUT2D eigenvalue weighted by molar-refractivity contribution is -0.137. The van der Waals surface area contributed by atoms with Gasteiger partial charge in [0, 0.05) is 23.9 Å². The number of carbonyl (C=O) groups excluding carboxylic acids is 1. The van der Waals surface area contributed by atoms with Crippen LogP contribution in [0.5, 0.6) is 0 Å². The second-order valence-corrected chi connectivity index (χ2v) is 8.00. The number of hydrogen-bond donors (Lipinski definition) is 2. The fourth-order valence-corrected chi connectivity index (χ4v) is 4.32. The number of fused-ring (bicyclic) bond motifs is 8. The summed E-state index contributed by atoms with van der Waals surface area (Å²) in [5.74, 6) is -2.63.